The van der Waals surface area contributed by atoms with Crippen LogP contribution in [-0.2, 0) is 0 Å². The molecule has 1 heterocycles. The van der Waals surface area contributed by atoms with E-state index in [4.69, 9.17) is 9.47 Å². The number of urea groups is 1. The van der Waals surface area contributed by atoms with E-state index < -0.39 is 0 Å². The molecule has 2 rings (SSSR count). The van der Waals surface area contributed by atoms with Crippen molar-refractivity contribution in [1.82, 2.24) is 5.32 Å². The fraction of sp³-hybridized carbons (Fsp3) is 0.364. The number of benzene rings is 1. The second-order valence-electron chi connectivity index (χ2n) is 3.82. The van der Waals surface area contributed by atoms with Gasteiger partial charge in [-0.3, -0.25) is 0 Å². The largest absolute Gasteiger partial charge is 0.454 e. The quantitative estimate of drug-likeness (QED) is 0.804. The Hall–Kier alpha value is -1.91. The molecular formula is C11H14N2O3. The van der Waals surface area contributed by atoms with Crippen LogP contribution in [0, 0.1) is 0 Å². The smallest absolute Gasteiger partial charge is 0.319 e. The summed E-state index contributed by atoms with van der Waals surface area (Å²) in [6.45, 7) is 4.04. The maximum absolute atomic E-state index is 11.4. The second kappa shape index (κ2) is 4.30. The van der Waals surface area contributed by atoms with Crippen molar-refractivity contribution >= 4 is 11.7 Å². The number of fused-ring (bicyclic) bond motifs is 1. The van der Waals surface area contributed by atoms with E-state index in [9.17, 15) is 4.79 Å². The molecule has 0 aromatic heterocycles. The van der Waals surface area contributed by atoms with Crippen molar-refractivity contribution in [3.8, 4) is 11.5 Å². The first kappa shape index (κ1) is 10.6. The highest BCUT2D eigenvalue weighted by Gasteiger charge is 2.14. The van der Waals surface area contributed by atoms with Crippen molar-refractivity contribution in [1.29, 1.82) is 0 Å². The van der Waals surface area contributed by atoms with Crippen LogP contribution in [0.4, 0.5) is 10.5 Å². The Morgan fingerprint density at radius 3 is 2.81 bits per heavy atom. The SMILES string of the molecule is CC(C)NC(=O)Nc1ccc2c(c1)OCO2. The predicted molar refractivity (Wildman–Crippen MR) is 59.9 cm³/mol. The molecule has 0 radical (unpaired) electrons. The van der Waals surface area contributed by atoms with Crippen LogP contribution in [-0.4, -0.2) is 18.9 Å². The molecule has 2 N–H and O–H groups in total. The number of hydrogen-bond acceptors (Lipinski definition) is 3. The Morgan fingerprint density at radius 1 is 1.31 bits per heavy atom. The van der Waals surface area contributed by atoms with Crippen LogP contribution in [0.5, 0.6) is 11.5 Å². The molecule has 0 unspecified atom stereocenters. The van der Waals surface area contributed by atoms with Crippen LogP contribution in [0.1, 0.15) is 13.8 Å². The molecule has 16 heavy (non-hydrogen) atoms. The molecule has 0 saturated carbocycles. The Kier molecular flexibility index (Phi) is 2.85. The van der Waals surface area contributed by atoms with Crippen molar-refractivity contribution in [2.75, 3.05) is 12.1 Å². The molecule has 0 bridgehead atoms. The van der Waals surface area contributed by atoms with E-state index in [2.05, 4.69) is 10.6 Å². The van der Waals surface area contributed by atoms with Gasteiger partial charge >= 0.3 is 6.03 Å². The fourth-order valence-corrected chi connectivity index (χ4v) is 1.40. The van der Waals surface area contributed by atoms with Gasteiger partial charge in [0.25, 0.3) is 0 Å². The molecule has 0 fully saturated rings. The van der Waals surface area contributed by atoms with Crippen molar-refractivity contribution in [2.24, 2.45) is 0 Å². The first-order valence-corrected chi connectivity index (χ1v) is 5.12. The molecule has 0 aliphatic carbocycles. The average molecular weight is 222 g/mol. The summed E-state index contributed by atoms with van der Waals surface area (Å²) in [6, 6.07) is 5.16. The van der Waals surface area contributed by atoms with E-state index in [1.54, 1.807) is 18.2 Å². The number of carbonyl (C=O) groups is 1. The van der Waals surface area contributed by atoms with Gasteiger partial charge in [-0.25, -0.2) is 4.79 Å². The number of amides is 2. The Morgan fingerprint density at radius 2 is 2.06 bits per heavy atom. The summed E-state index contributed by atoms with van der Waals surface area (Å²) >= 11 is 0. The number of anilines is 1. The lowest BCUT2D eigenvalue weighted by molar-refractivity contribution is 0.174. The molecule has 5 heteroatoms. The zero-order valence-corrected chi connectivity index (χ0v) is 9.24. The summed E-state index contributed by atoms with van der Waals surface area (Å²) in [5.74, 6) is 1.36. The van der Waals surface area contributed by atoms with Crippen molar-refractivity contribution in [3.63, 3.8) is 0 Å². The van der Waals surface area contributed by atoms with E-state index in [1.807, 2.05) is 13.8 Å². The third-order valence-electron chi connectivity index (χ3n) is 2.05. The van der Waals surface area contributed by atoms with Crippen molar-refractivity contribution in [3.05, 3.63) is 18.2 Å². The van der Waals surface area contributed by atoms with Gasteiger partial charge in [-0.1, -0.05) is 0 Å². The third-order valence-corrected chi connectivity index (χ3v) is 2.05. The maximum Gasteiger partial charge on any atom is 0.319 e. The number of nitrogens with one attached hydrogen (secondary N) is 2. The van der Waals surface area contributed by atoms with Gasteiger partial charge in [-0.15, -0.1) is 0 Å². The van der Waals surface area contributed by atoms with Gasteiger partial charge in [-0.2, -0.15) is 0 Å². The van der Waals surface area contributed by atoms with Gasteiger partial charge in [0.2, 0.25) is 6.79 Å². The monoisotopic (exact) mass is 222 g/mol. The molecule has 1 aliphatic heterocycles. The van der Waals surface area contributed by atoms with E-state index in [-0.39, 0.29) is 18.9 Å². The third kappa shape index (κ3) is 2.36. The summed E-state index contributed by atoms with van der Waals surface area (Å²) < 4.78 is 10.4. The number of rotatable bonds is 2. The summed E-state index contributed by atoms with van der Waals surface area (Å²) in [7, 11) is 0. The van der Waals surface area contributed by atoms with Crippen molar-refractivity contribution < 1.29 is 14.3 Å². The van der Waals surface area contributed by atoms with E-state index >= 15 is 0 Å². The summed E-state index contributed by atoms with van der Waals surface area (Å²) in [5, 5.41) is 5.45. The van der Waals surface area contributed by atoms with Crippen LogP contribution < -0.4 is 20.1 Å². The summed E-state index contributed by atoms with van der Waals surface area (Å²) in [6.07, 6.45) is 0. The Bertz CT molecular complexity index is 404. The number of hydrogen-bond donors (Lipinski definition) is 2. The zero-order chi connectivity index (χ0) is 11.5. The molecule has 2 amide bonds. The molecular weight excluding hydrogens is 208 g/mol. The number of carbonyl (C=O) groups excluding carboxylic acids is 1. The number of ether oxygens (including phenoxy) is 2. The molecule has 1 aromatic carbocycles. The minimum atomic E-state index is -0.228. The van der Waals surface area contributed by atoms with Crippen LogP contribution in [0.2, 0.25) is 0 Å². The fourth-order valence-electron chi connectivity index (χ4n) is 1.40. The van der Waals surface area contributed by atoms with Gasteiger partial charge < -0.3 is 20.1 Å². The Labute approximate surface area is 93.7 Å². The van der Waals surface area contributed by atoms with Gasteiger partial charge in [0.15, 0.2) is 11.5 Å². The molecule has 86 valence electrons. The Balaban J connectivity index is 2.02. The first-order valence-electron chi connectivity index (χ1n) is 5.12. The molecule has 1 aliphatic rings. The van der Waals surface area contributed by atoms with E-state index in [1.165, 1.54) is 0 Å². The van der Waals surface area contributed by atoms with Crippen LogP contribution in [0.15, 0.2) is 18.2 Å². The van der Waals surface area contributed by atoms with Gasteiger partial charge in [0.1, 0.15) is 0 Å². The molecule has 0 saturated heterocycles. The first-order chi connectivity index (χ1) is 7.65. The highest BCUT2D eigenvalue weighted by molar-refractivity contribution is 5.89. The van der Waals surface area contributed by atoms with E-state index in [0.29, 0.717) is 17.2 Å². The standard InChI is InChI=1S/C11H14N2O3/c1-7(2)12-11(14)13-8-3-4-9-10(5-8)16-6-15-9/h3-5,7H,6H2,1-2H3,(H2,12,13,14). The van der Waals surface area contributed by atoms with Gasteiger partial charge in [0.05, 0.1) is 0 Å². The highest BCUT2D eigenvalue weighted by Crippen LogP contribution is 2.34. The van der Waals surface area contributed by atoms with Gasteiger partial charge in [-0.05, 0) is 26.0 Å². The molecule has 0 atom stereocenters. The molecule has 0 spiro atoms. The van der Waals surface area contributed by atoms with Crippen LogP contribution in [0.3, 0.4) is 0 Å². The topological polar surface area (TPSA) is 59.6 Å². The van der Waals surface area contributed by atoms with Crippen LogP contribution in [0.25, 0.3) is 0 Å². The highest BCUT2D eigenvalue weighted by atomic mass is 16.7. The normalized spacial score (nSPS) is 12.7. The summed E-state index contributed by atoms with van der Waals surface area (Å²) in [4.78, 5) is 11.4. The zero-order valence-electron chi connectivity index (χ0n) is 9.24. The van der Waals surface area contributed by atoms with Crippen molar-refractivity contribution in [2.45, 2.75) is 19.9 Å². The lowest BCUT2D eigenvalue weighted by Crippen LogP contribution is -2.34. The lowest BCUT2D eigenvalue weighted by atomic mass is 10.3. The van der Waals surface area contributed by atoms with E-state index in [0.717, 1.165) is 0 Å². The molecule has 1 aromatic rings. The summed E-state index contributed by atoms with van der Waals surface area (Å²) in [5.41, 5.74) is 0.683. The minimum Gasteiger partial charge on any atom is -0.454 e. The maximum atomic E-state index is 11.4. The van der Waals surface area contributed by atoms with Gasteiger partial charge in [0, 0.05) is 17.8 Å². The minimum absolute atomic E-state index is 0.106. The second-order valence-corrected chi connectivity index (χ2v) is 3.82. The lowest BCUT2D eigenvalue weighted by Gasteiger charge is -2.10. The molecule has 5 nitrogen and oxygen atoms in total. The van der Waals surface area contributed by atoms with Crippen LogP contribution >= 0.6 is 0 Å². The predicted octanol–water partition coefficient (Wildman–Crippen LogP) is 1.95. The average Bonchev–Trinajstić information content (AvgIpc) is 2.63.